The van der Waals surface area contributed by atoms with Crippen molar-refractivity contribution in [3.63, 3.8) is 0 Å². The van der Waals surface area contributed by atoms with Crippen molar-refractivity contribution < 1.29 is 20.5 Å². The summed E-state index contributed by atoms with van der Waals surface area (Å²) < 4.78 is 0. The van der Waals surface area contributed by atoms with Gasteiger partial charge in [0, 0.05) is 0 Å². The van der Waals surface area contributed by atoms with Crippen LogP contribution in [0.5, 0.6) is 0 Å². The van der Waals surface area contributed by atoms with Crippen LogP contribution in [-0.4, -0.2) is 26.2 Å². The van der Waals surface area contributed by atoms with Gasteiger partial charge in [0.2, 0.25) is 9.85 Å². The van der Waals surface area contributed by atoms with E-state index >= 15 is 0 Å². The average molecular weight is 224 g/mol. The smallest absolute Gasteiger partial charge is 0.602 e. The van der Waals surface area contributed by atoms with Crippen LogP contribution in [0.3, 0.4) is 0 Å². The highest BCUT2D eigenvalue weighted by Crippen LogP contribution is 1.84. The maximum atomic E-state index is 9.47. The molecule has 0 fully saturated rings. The molecule has 0 bridgehead atoms. The zero-order valence-electron chi connectivity index (χ0n) is 8.50. The Labute approximate surface area is 84.5 Å². The monoisotopic (exact) mass is 224 g/mol. The number of nitrogens with zero attached hydrogens (tertiary/aromatic N) is 3. The van der Waals surface area contributed by atoms with E-state index in [0.717, 1.165) is 0 Å². The SMILES string of the molecule is CC(C)(C)[NH3+].O=[N+]([O-])C([N+](=O)[O-])=[N+]([O-])[O-]. The van der Waals surface area contributed by atoms with Crippen LogP contribution in [0.2, 0.25) is 0 Å². The highest BCUT2D eigenvalue weighted by Gasteiger charge is 2.37. The third-order valence-corrected chi connectivity index (χ3v) is 0.490. The minimum Gasteiger partial charge on any atom is -0.602 e. The molecule has 0 radical (unpaired) electrons. The molecule has 3 N–H and O–H groups in total. The lowest BCUT2D eigenvalue weighted by molar-refractivity contribution is -0.595. The van der Waals surface area contributed by atoms with E-state index < -0.39 is 20.7 Å². The highest BCUT2D eigenvalue weighted by atomic mass is 16.8. The Balaban J connectivity index is 0. The second-order valence-electron chi connectivity index (χ2n) is 3.63. The minimum atomic E-state index is -2.14. The molecule has 0 amide bonds. The Hall–Kier alpha value is -1.97. The van der Waals surface area contributed by atoms with Gasteiger partial charge in [0.25, 0.3) is 0 Å². The molecular weight excluding hydrogens is 212 g/mol. The van der Waals surface area contributed by atoms with Crippen molar-refractivity contribution in [2.75, 3.05) is 0 Å². The Kier molecular flexibility index (Phi) is 5.89. The number of guanidine groups is 1. The van der Waals surface area contributed by atoms with Crippen molar-refractivity contribution in [3.05, 3.63) is 30.6 Å². The first-order valence-corrected chi connectivity index (χ1v) is 3.62. The number of hydrogen-bond acceptors (Lipinski definition) is 6. The standard InChI is InChI=1S/C4H11N.CN3O6/c1-4(2,3)5;5-2(6)1(3(7)8)4(9)10/h5H2,1-3H3;/q;-1/p+1. The van der Waals surface area contributed by atoms with Gasteiger partial charge in [-0.05, 0) is 25.7 Å². The molecule has 0 aliphatic heterocycles. The summed E-state index contributed by atoms with van der Waals surface area (Å²) in [5.74, 6) is -2.14. The highest BCUT2D eigenvalue weighted by molar-refractivity contribution is 5.56. The van der Waals surface area contributed by atoms with Crippen LogP contribution >= 0.6 is 0 Å². The molecule has 0 saturated carbocycles. The number of quaternary nitrogens is 1. The van der Waals surface area contributed by atoms with Gasteiger partial charge in [-0.15, -0.1) is 0 Å². The molecule has 0 atom stereocenters. The summed E-state index contributed by atoms with van der Waals surface area (Å²) in [5.41, 5.74) is 4.02. The first-order chi connectivity index (χ1) is 6.46. The first-order valence-electron chi connectivity index (χ1n) is 3.62. The fourth-order valence-corrected chi connectivity index (χ4v) is 0.200. The van der Waals surface area contributed by atoms with Crippen molar-refractivity contribution >= 4 is 5.96 Å². The van der Waals surface area contributed by atoms with Crippen LogP contribution in [0.15, 0.2) is 0 Å². The van der Waals surface area contributed by atoms with E-state index in [9.17, 15) is 30.6 Å². The molecule has 10 nitrogen and oxygen atoms in total. The van der Waals surface area contributed by atoms with E-state index in [0.29, 0.717) is 0 Å². The van der Waals surface area contributed by atoms with Gasteiger partial charge >= 0.3 is 5.96 Å². The van der Waals surface area contributed by atoms with E-state index in [1.807, 2.05) is 0 Å². The molecule has 0 unspecified atom stereocenters. The predicted octanol–water partition coefficient (Wildman–Crippen LogP) is -1.07. The van der Waals surface area contributed by atoms with E-state index in [1.165, 1.54) is 0 Å². The quantitative estimate of drug-likeness (QED) is 0.181. The Morgan fingerprint density at radius 3 is 1.20 bits per heavy atom. The lowest BCUT2D eigenvalue weighted by Gasteiger charge is -2.01. The third-order valence-electron chi connectivity index (χ3n) is 0.490. The molecule has 0 spiro atoms. The van der Waals surface area contributed by atoms with E-state index in [4.69, 9.17) is 0 Å². The Morgan fingerprint density at radius 2 is 1.20 bits per heavy atom. The van der Waals surface area contributed by atoms with Gasteiger partial charge in [0.1, 0.15) is 0 Å². The summed E-state index contributed by atoms with van der Waals surface area (Å²) in [6, 6.07) is 0. The fourth-order valence-electron chi connectivity index (χ4n) is 0.200. The molecule has 0 heterocycles. The second-order valence-corrected chi connectivity index (χ2v) is 3.63. The number of rotatable bonds is 0. The number of nitro groups is 2. The lowest BCUT2D eigenvalue weighted by atomic mass is 10.1. The molecule has 15 heavy (non-hydrogen) atoms. The van der Waals surface area contributed by atoms with Crippen molar-refractivity contribution in [3.8, 4) is 0 Å². The van der Waals surface area contributed by atoms with Gasteiger partial charge in [-0.1, -0.05) is 0 Å². The van der Waals surface area contributed by atoms with E-state index in [2.05, 4.69) is 26.5 Å². The van der Waals surface area contributed by atoms with Gasteiger partial charge in [0.15, 0.2) is 0 Å². The maximum Gasteiger partial charge on any atom is 0.827 e. The van der Waals surface area contributed by atoms with Gasteiger partial charge < -0.3 is 16.1 Å². The molecule has 10 heteroatoms. The van der Waals surface area contributed by atoms with Crippen LogP contribution in [0.4, 0.5) is 0 Å². The van der Waals surface area contributed by atoms with Crippen LogP contribution in [0.1, 0.15) is 20.8 Å². The van der Waals surface area contributed by atoms with Crippen molar-refractivity contribution in [2.45, 2.75) is 26.3 Å². The molecule has 0 aromatic carbocycles. The minimum absolute atomic E-state index is 0.250. The van der Waals surface area contributed by atoms with Crippen LogP contribution in [0.25, 0.3) is 0 Å². The molecule has 0 saturated heterocycles. The average Bonchev–Trinajstić information content (AvgIpc) is 1.77. The normalized spacial score (nSPS) is 9.60. The third kappa shape index (κ3) is 12.0. The molecule has 0 rings (SSSR count). The summed E-state index contributed by atoms with van der Waals surface area (Å²) in [4.78, 5) is 13.9. The summed E-state index contributed by atoms with van der Waals surface area (Å²) in [7, 11) is 0. The largest absolute Gasteiger partial charge is 0.827 e. The number of hydrogen-bond donors (Lipinski definition) is 1. The zero-order valence-corrected chi connectivity index (χ0v) is 8.50. The fraction of sp³-hybridized carbons (Fsp3) is 0.800. The molecule has 0 aromatic rings. The first kappa shape index (κ1) is 15.5. The van der Waals surface area contributed by atoms with Crippen molar-refractivity contribution in [1.82, 2.24) is 0 Å². The lowest BCUT2D eigenvalue weighted by Crippen LogP contribution is -2.67. The Bertz CT molecular complexity index is 254. The zero-order chi connectivity index (χ0) is 12.8. The van der Waals surface area contributed by atoms with Gasteiger partial charge in [-0.2, -0.15) is 0 Å². The van der Waals surface area contributed by atoms with E-state index in [1.54, 1.807) is 0 Å². The predicted molar refractivity (Wildman–Crippen MR) is 48.6 cm³/mol. The summed E-state index contributed by atoms with van der Waals surface area (Å²) >= 11 is 0. The van der Waals surface area contributed by atoms with Crippen LogP contribution in [0, 0.1) is 30.6 Å². The van der Waals surface area contributed by atoms with Crippen LogP contribution in [-0.2, 0) is 0 Å². The molecule has 0 aliphatic rings. The summed E-state index contributed by atoms with van der Waals surface area (Å²) in [6.07, 6.45) is 0. The van der Waals surface area contributed by atoms with Crippen LogP contribution < -0.4 is 5.73 Å². The molecule has 88 valence electrons. The summed E-state index contributed by atoms with van der Waals surface area (Å²) in [6.45, 7) is 6.23. The molecule has 0 aromatic heterocycles. The second kappa shape index (κ2) is 5.70. The molecule has 0 aliphatic carbocycles. The maximum absolute atomic E-state index is 9.47. The summed E-state index contributed by atoms with van der Waals surface area (Å²) in [5, 5.41) is 37.9. The molecular formula is C5H12N4O6. The van der Waals surface area contributed by atoms with Gasteiger partial charge in [-0.3, -0.25) is 0 Å². The van der Waals surface area contributed by atoms with Crippen molar-refractivity contribution in [2.24, 2.45) is 0 Å². The Morgan fingerprint density at radius 1 is 1.00 bits per heavy atom. The van der Waals surface area contributed by atoms with Gasteiger partial charge in [0.05, 0.1) is 5.54 Å². The van der Waals surface area contributed by atoms with E-state index in [-0.39, 0.29) is 5.54 Å². The van der Waals surface area contributed by atoms with Crippen molar-refractivity contribution in [1.29, 1.82) is 0 Å². The van der Waals surface area contributed by atoms with Gasteiger partial charge in [-0.25, -0.2) is 20.2 Å². The topological polar surface area (TPSA) is 163 Å².